The molecule has 3 aromatic heterocycles. The van der Waals surface area contributed by atoms with Gasteiger partial charge in [-0.2, -0.15) is 0 Å². The van der Waals surface area contributed by atoms with Crippen molar-refractivity contribution in [3.63, 3.8) is 0 Å². The summed E-state index contributed by atoms with van der Waals surface area (Å²) < 4.78 is 6.66. The number of rotatable bonds is 5. The fraction of sp³-hybridized carbons (Fsp3) is 0.190. The molecule has 6 nitrogen and oxygen atoms in total. The van der Waals surface area contributed by atoms with Crippen LogP contribution < -0.4 is 5.56 Å². The van der Waals surface area contributed by atoms with Crippen molar-refractivity contribution in [1.29, 1.82) is 0 Å². The van der Waals surface area contributed by atoms with Crippen molar-refractivity contribution in [2.24, 2.45) is 0 Å². The molecule has 0 aliphatic heterocycles. The van der Waals surface area contributed by atoms with Crippen molar-refractivity contribution in [2.45, 2.75) is 20.0 Å². The molecule has 142 valence electrons. The van der Waals surface area contributed by atoms with Gasteiger partial charge in [-0.3, -0.25) is 14.2 Å². The first-order valence-corrected chi connectivity index (χ1v) is 9.66. The second-order valence-corrected chi connectivity index (χ2v) is 7.79. The summed E-state index contributed by atoms with van der Waals surface area (Å²) in [6.45, 7) is 2.27. The van der Waals surface area contributed by atoms with E-state index in [2.05, 4.69) is 4.98 Å². The predicted molar refractivity (Wildman–Crippen MR) is 109 cm³/mol. The monoisotopic (exact) mass is 393 g/mol. The number of hydrogen-bond acceptors (Lipinski definition) is 5. The highest BCUT2D eigenvalue weighted by molar-refractivity contribution is 7.19. The van der Waals surface area contributed by atoms with Crippen LogP contribution >= 0.6 is 11.3 Å². The minimum Gasteiger partial charge on any atom is -0.467 e. The van der Waals surface area contributed by atoms with Crippen LogP contribution in [0.3, 0.4) is 0 Å². The fourth-order valence-corrected chi connectivity index (χ4v) is 4.20. The van der Waals surface area contributed by atoms with Crippen LogP contribution in [-0.2, 0) is 17.9 Å². The quantitative estimate of drug-likeness (QED) is 0.519. The normalized spacial score (nSPS) is 11.1. The minimum absolute atomic E-state index is 0.0674. The number of benzene rings is 1. The van der Waals surface area contributed by atoms with Crippen molar-refractivity contribution >= 4 is 27.5 Å². The molecule has 0 N–H and O–H groups in total. The number of fused-ring (bicyclic) bond motifs is 1. The highest BCUT2D eigenvalue weighted by Gasteiger charge is 2.19. The lowest BCUT2D eigenvalue weighted by molar-refractivity contribution is -0.131. The number of nitrogens with zero attached hydrogens (tertiary/aromatic N) is 3. The Labute approximate surface area is 165 Å². The third-order valence-corrected chi connectivity index (χ3v) is 5.63. The molecular weight excluding hydrogens is 374 g/mol. The van der Waals surface area contributed by atoms with Crippen LogP contribution in [0.1, 0.15) is 10.6 Å². The number of carbonyl (C=O) groups excluding carboxylic acids is 1. The van der Waals surface area contributed by atoms with Crippen LogP contribution in [0, 0.1) is 6.92 Å². The maximum atomic E-state index is 13.2. The van der Waals surface area contributed by atoms with Crippen LogP contribution in [-0.4, -0.2) is 27.4 Å². The van der Waals surface area contributed by atoms with Crippen LogP contribution in [0.15, 0.2) is 64.3 Å². The molecule has 0 saturated carbocycles. The molecule has 0 bridgehead atoms. The van der Waals surface area contributed by atoms with Gasteiger partial charge in [0.25, 0.3) is 5.56 Å². The number of likely N-dealkylation sites (N-methyl/N-ethyl adjacent to an activating group) is 1. The first-order chi connectivity index (χ1) is 13.5. The molecule has 0 spiro atoms. The van der Waals surface area contributed by atoms with Crippen LogP contribution in [0.4, 0.5) is 0 Å². The maximum Gasteiger partial charge on any atom is 0.263 e. The summed E-state index contributed by atoms with van der Waals surface area (Å²) in [6.07, 6.45) is 3.02. The van der Waals surface area contributed by atoms with E-state index in [-0.39, 0.29) is 18.0 Å². The lowest BCUT2D eigenvalue weighted by Gasteiger charge is -2.16. The molecule has 3 heterocycles. The Bertz CT molecular complexity index is 1180. The molecule has 0 aliphatic carbocycles. The van der Waals surface area contributed by atoms with Gasteiger partial charge in [-0.1, -0.05) is 30.3 Å². The number of thiophene rings is 1. The van der Waals surface area contributed by atoms with E-state index in [1.807, 2.05) is 43.3 Å². The molecule has 0 unspecified atom stereocenters. The summed E-state index contributed by atoms with van der Waals surface area (Å²) in [5.74, 6) is 0.504. The zero-order valence-electron chi connectivity index (χ0n) is 15.6. The smallest absolute Gasteiger partial charge is 0.263 e. The average Bonchev–Trinajstić information content (AvgIpc) is 3.32. The Morgan fingerprint density at radius 1 is 1.21 bits per heavy atom. The van der Waals surface area contributed by atoms with Gasteiger partial charge in [-0.05, 0) is 24.6 Å². The Kier molecular flexibility index (Phi) is 4.83. The molecule has 0 atom stereocenters. The second-order valence-electron chi connectivity index (χ2n) is 6.59. The van der Waals surface area contributed by atoms with Crippen molar-refractivity contribution in [3.05, 3.63) is 76.0 Å². The van der Waals surface area contributed by atoms with E-state index in [0.29, 0.717) is 22.5 Å². The first-order valence-electron chi connectivity index (χ1n) is 8.85. The van der Waals surface area contributed by atoms with Crippen molar-refractivity contribution < 1.29 is 9.21 Å². The van der Waals surface area contributed by atoms with Gasteiger partial charge in [0.1, 0.15) is 17.1 Å². The van der Waals surface area contributed by atoms with E-state index in [1.54, 1.807) is 19.4 Å². The van der Waals surface area contributed by atoms with E-state index in [4.69, 9.17) is 4.42 Å². The molecule has 4 aromatic rings. The molecule has 0 radical (unpaired) electrons. The molecular formula is C21H19N3O3S. The SMILES string of the molecule is Cc1sc2ncn(CC(=O)N(C)Cc3ccco3)c(=O)c2c1-c1ccccc1. The summed E-state index contributed by atoms with van der Waals surface area (Å²) in [5, 5.41) is 0.567. The Morgan fingerprint density at radius 3 is 2.71 bits per heavy atom. The standard InChI is InChI=1S/C21H19N3O3S/c1-14-18(15-7-4-3-5-8-15)19-20(28-14)22-13-24(21(19)26)12-17(25)23(2)11-16-9-6-10-27-16/h3-10,13H,11-12H2,1-2H3. The largest absolute Gasteiger partial charge is 0.467 e. The Balaban J connectivity index is 1.68. The van der Waals surface area contributed by atoms with Gasteiger partial charge in [0.15, 0.2) is 0 Å². The van der Waals surface area contributed by atoms with Gasteiger partial charge in [-0.25, -0.2) is 4.98 Å². The molecule has 1 amide bonds. The third kappa shape index (κ3) is 3.36. The van der Waals surface area contributed by atoms with E-state index in [9.17, 15) is 9.59 Å². The minimum atomic E-state index is -0.201. The zero-order chi connectivity index (χ0) is 19.7. The van der Waals surface area contributed by atoms with Crippen LogP contribution in [0.25, 0.3) is 21.3 Å². The molecule has 0 aliphatic rings. The van der Waals surface area contributed by atoms with E-state index >= 15 is 0 Å². The van der Waals surface area contributed by atoms with Gasteiger partial charge in [0, 0.05) is 17.5 Å². The summed E-state index contributed by atoms with van der Waals surface area (Å²) >= 11 is 1.49. The third-order valence-electron chi connectivity index (χ3n) is 4.62. The second kappa shape index (κ2) is 7.44. The lowest BCUT2D eigenvalue weighted by Crippen LogP contribution is -2.33. The van der Waals surface area contributed by atoms with Crippen LogP contribution in [0.5, 0.6) is 0 Å². The molecule has 28 heavy (non-hydrogen) atoms. The van der Waals surface area contributed by atoms with Gasteiger partial charge < -0.3 is 9.32 Å². The Hall–Kier alpha value is -3.19. The molecule has 1 aromatic carbocycles. The van der Waals surface area contributed by atoms with Crippen molar-refractivity contribution in [2.75, 3.05) is 7.05 Å². The number of carbonyl (C=O) groups is 1. The zero-order valence-corrected chi connectivity index (χ0v) is 16.4. The number of amides is 1. The summed E-state index contributed by atoms with van der Waals surface area (Å²) in [7, 11) is 1.69. The lowest BCUT2D eigenvalue weighted by atomic mass is 10.0. The van der Waals surface area contributed by atoms with E-state index in [0.717, 1.165) is 16.0 Å². The first kappa shape index (κ1) is 18.2. The Morgan fingerprint density at radius 2 is 2.00 bits per heavy atom. The molecule has 7 heteroatoms. The summed E-state index contributed by atoms with van der Waals surface area (Å²) in [5.41, 5.74) is 1.67. The summed E-state index contributed by atoms with van der Waals surface area (Å²) in [4.78, 5) is 33.4. The topological polar surface area (TPSA) is 68.3 Å². The highest BCUT2D eigenvalue weighted by atomic mass is 32.1. The number of aryl methyl sites for hydroxylation is 1. The fourth-order valence-electron chi connectivity index (χ4n) is 3.19. The van der Waals surface area contributed by atoms with Gasteiger partial charge in [0.05, 0.1) is 24.5 Å². The number of furan rings is 1. The van der Waals surface area contributed by atoms with Gasteiger partial charge >= 0.3 is 0 Å². The molecule has 4 rings (SSSR count). The van der Waals surface area contributed by atoms with Gasteiger partial charge in [0.2, 0.25) is 5.91 Å². The molecule has 0 fully saturated rings. The van der Waals surface area contributed by atoms with Gasteiger partial charge in [-0.15, -0.1) is 11.3 Å². The maximum absolute atomic E-state index is 13.2. The van der Waals surface area contributed by atoms with Crippen molar-refractivity contribution in [3.8, 4) is 11.1 Å². The molecule has 0 saturated heterocycles. The predicted octanol–water partition coefficient (Wildman–Crippen LogP) is 3.69. The number of aromatic nitrogens is 2. The van der Waals surface area contributed by atoms with E-state index < -0.39 is 0 Å². The number of hydrogen-bond donors (Lipinski definition) is 0. The van der Waals surface area contributed by atoms with Crippen LogP contribution in [0.2, 0.25) is 0 Å². The average molecular weight is 393 g/mol. The van der Waals surface area contributed by atoms with Crippen molar-refractivity contribution in [1.82, 2.24) is 14.5 Å². The van der Waals surface area contributed by atoms with E-state index in [1.165, 1.54) is 27.1 Å². The summed E-state index contributed by atoms with van der Waals surface area (Å²) in [6, 6.07) is 13.4. The highest BCUT2D eigenvalue weighted by Crippen LogP contribution is 2.35.